The minimum Gasteiger partial charge on any atom is -0.494 e. The van der Waals surface area contributed by atoms with Gasteiger partial charge >= 0.3 is 0 Å². The van der Waals surface area contributed by atoms with Crippen molar-refractivity contribution >= 4 is 34.5 Å². The first-order valence-corrected chi connectivity index (χ1v) is 9.48. The lowest BCUT2D eigenvalue weighted by molar-refractivity contribution is 0.317. The van der Waals surface area contributed by atoms with Crippen molar-refractivity contribution in [2.24, 2.45) is 0 Å². The van der Waals surface area contributed by atoms with E-state index in [4.69, 9.17) is 28.6 Å². The quantitative estimate of drug-likeness (QED) is 0.709. The SMILES string of the molecule is CCCOc1ccc(C(=S)N2CCN(c3ccc(Cl)cc3)CC2)cc1. The van der Waals surface area contributed by atoms with Crippen LogP contribution < -0.4 is 9.64 Å². The van der Waals surface area contributed by atoms with Crippen molar-refractivity contribution in [3.8, 4) is 5.75 Å². The van der Waals surface area contributed by atoms with Crippen LogP contribution in [-0.4, -0.2) is 42.7 Å². The summed E-state index contributed by atoms with van der Waals surface area (Å²) in [5, 5.41) is 0.773. The van der Waals surface area contributed by atoms with Crippen LogP contribution in [0.3, 0.4) is 0 Å². The van der Waals surface area contributed by atoms with E-state index in [0.717, 1.165) is 60.5 Å². The molecule has 0 bridgehead atoms. The number of piperazine rings is 1. The fourth-order valence-corrected chi connectivity index (χ4v) is 3.36. The van der Waals surface area contributed by atoms with Gasteiger partial charge in [0.25, 0.3) is 0 Å². The lowest BCUT2D eigenvalue weighted by atomic mass is 10.1. The molecule has 5 heteroatoms. The molecule has 0 atom stereocenters. The fraction of sp³-hybridized carbons (Fsp3) is 0.350. The van der Waals surface area contributed by atoms with Crippen LogP contribution in [0.5, 0.6) is 5.75 Å². The van der Waals surface area contributed by atoms with Crippen LogP contribution in [0.4, 0.5) is 5.69 Å². The monoisotopic (exact) mass is 374 g/mol. The van der Waals surface area contributed by atoms with Crippen molar-refractivity contribution in [2.75, 3.05) is 37.7 Å². The average molecular weight is 375 g/mol. The smallest absolute Gasteiger partial charge is 0.119 e. The predicted octanol–water partition coefficient (Wildman–Crippen LogP) is 4.63. The Kier molecular flexibility index (Phi) is 6.16. The summed E-state index contributed by atoms with van der Waals surface area (Å²) in [6, 6.07) is 16.1. The molecule has 0 radical (unpaired) electrons. The van der Waals surface area contributed by atoms with E-state index in [0.29, 0.717) is 0 Å². The molecule has 3 nitrogen and oxygen atoms in total. The number of thiocarbonyl (C=S) groups is 1. The Morgan fingerprint density at radius 1 is 1.00 bits per heavy atom. The van der Waals surface area contributed by atoms with Gasteiger partial charge in [0.2, 0.25) is 0 Å². The molecule has 0 amide bonds. The summed E-state index contributed by atoms with van der Waals surface area (Å²) < 4.78 is 5.63. The van der Waals surface area contributed by atoms with E-state index < -0.39 is 0 Å². The third kappa shape index (κ3) is 4.65. The number of hydrogen-bond acceptors (Lipinski definition) is 3. The molecule has 0 spiro atoms. The lowest BCUT2D eigenvalue weighted by Gasteiger charge is -2.37. The highest BCUT2D eigenvalue weighted by atomic mass is 35.5. The van der Waals surface area contributed by atoms with E-state index in [2.05, 4.69) is 41.0 Å². The number of halogens is 1. The lowest BCUT2D eigenvalue weighted by Crippen LogP contribution is -2.48. The molecule has 0 aromatic heterocycles. The molecule has 2 aromatic rings. The molecule has 3 rings (SSSR count). The maximum Gasteiger partial charge on any atom is 0.119 e. The van der Waals surface area contributed by atoms with Crippen LogP contribution in [0.2, 0.25) is 5.02 Å². The minimum absolute atomic E-state index is 0.746. The Morgan fingerprint density at radius 2 is 1.64 bits per heavy atom. The first-order valence-electron chi connectivity index (χ1n) is 8.70. The molecule has 25 heavy (non-hydrogen) atoms. The van der Waals surface area contributed by atoms with Gasteiger partial charge in [-0.2, -0.15) is 0 Å². The zero-order valence-corrected chi connectivity index (χ0v) is 16.0. The zero-order chi connectivity index (χ0) is 17.6. The Bertz CT molecular complexity index is 695. The number of ether oxygens (including phenoxy) is 1. The largest absolute Gasteiger partial charge is 0.494 e. The summed E-state index contributed by atoms with van der Waals surface area (Å²) in [5.41, 5.74) is 2.30. The molecule has 132 valence electrons. The molecule has 1 fully saturated rings. The normalized spacial score (nSPS) is 14.5. The number of nitrogens with zero attached hydrogens (tertiary/aromatic N) is 2. The van der Waals surface area contributed by atoms with Gasteiger partial charge in [-0.15, -0.1) is 0 Å². The van der Waals surface area contributed by atoms with Crippen molar-refractivity contribution in [1.82, 2.24) is 4.90 Å². The Balaban J connectivity index is 1.56. The topological polar surface area (TPSA) is 15.7 Å². The van der Waals surface area contributed by atoms with Gasteiger partial charge in [-0.05, 0) is 55.0 Å². The van der Waals surface area contributed by atoms with Crippen molar-refractivity contribution in [3.05, 3.63) is 59.1 Å². The average Bonchev–Trinajstić information content (AvgIpc) is 2.67. The third-order valence-electron chi connectivity index (χ3n) is 4.33. The summed E-state index contributed by atoms with van der Waals surface area (Å²) in [5.74, 6) is 0.904. The second-order valence-corrected chi connectivity index (χ2v) is 6.95. The van der Waals surface area contributed by atoms with Gasteiger partial charge in [0.05, 0.1) is 6.61 Å². The summed E-state index contributed by atoms with van der Waals surface area (Å²) in [4.78, 5) is 5.57. The maximum atomic E-state index is 5.97. The number of anilines is 1. The van der Waals surface area contributed by atoms with Crippen molar-refractivity contribution in [2.45, 2.75) is 13.3 Å². The van der Waals surface area contributed by atoms with E-state index >= 15 is 0 Å². The Hall–Kier alpha value is -1.78. The molecule has 0 aliphatic carbocycles. The summed E-state index contributed by atoms with van der Waals surface area (Å²) in [6.45, 7) is 6.62. The molecule has 0 unspecified atom stereocenters. The van der Waals surface area contributed by atoms with Gasteiger partial charge in [-0.3, -0.25) is 0 Å². The second-order valence-electron chi connectivity index (χ2n) is 6.13. The van der Waals surface area contributed by atoms with E-state index in [1.165, 1.54) is 5.69 Å². The Labute approximate surface area is 160 Å². The van der Waals surface area contributed by atoms with Crippen LogP contribution in [-0.2, 0) is 0 Å². The first-order chi connectivity index (χ1) is 12.2. The standard InChI is InChI=1S/C20H23ClN2OS/c1-2-15-24-19-9-3-16(4-10-19)20(25)23-13-11-22(12-14-23)18-7-5-17(21)6-8-18/h3-10H,2,11-15H2,1H3. The van der Waals surface area contributed by atoms with E-state index in [-0.39, 0.29) is 0 Å². The molecule has 1 aliphatic heterocycles. The van der Waals surface area contributed by atoms with Crippen LogP contribution in [0, 0.1) is 0 Å². The van der Waals surface area contributed by atoms with Crippen LogP contribution in [0.15, 0.2) is 48.5 Å². The highest BCUT2D eigenvalue weighted by Crippen LogP contribution is 2.21. The molecule has 2 aromatic carbocycles. The first kappa shape index (κ1) is 18.0. The number of hydrogen-bond donors (Lipinski definition) is 0. The highest BCUT2D eigenvalue weighted by molar-refractivity contribution is 7.80. The van der Waals surface area contributed by atoms with Crippen LogP contribution in [0.25, 0.3) is 0 Å². The molecule has 1 saturated heterocycles. The van der Waals surface area contributed by atoms with Gasteiger partial charge in [-0.25, -0.2) is 0 Å². The summed E-state index contributed by atoms with van der Waals surface area (Å²) in [7, 11) is 0. The maximum absolute atomic E-state index is 5.97. The third-order valence-corrected chi connectivity index (χ3v) is 5.08. The molecule has 0 saturated carbocycles. The number of benzene rings is 2. The minimum atomic E-state index is 0.746. The van der Waals surface area contributed by atoms with Gasteiger partial charge in [0.1, 0.15) is 10.7 Å². The van der Waals surface area contributed by atoms with Gasteiger partial charge in [-0.1, -0.05) is 30.7 Å². The zero-order valence-electron chi connectivity index (χ0n) is 14.5. The molecular formula is C20H23ClN2OS. The van der Waals surface area contributed by atoms with Crippen LogP contribution >= 0.6 is 23.8 Å². The van der Waals surface area contributed by atoms with Crippen molar-refractivity contribution in [3.63, 3.8) is 0 Å². The van der Waals surface area contributed by atoms with Gasteiger partial charge in [0, 0.05) is 42.5 Å². The van der Waals surface area contributed by atoms with Gasteiger partial charge < -0.3 is 14.5 Å². The van der Waals surface area contributed by atoms with E-state index in [9.17, 15) is 0 Å². The molecule has 0 N–H and O–H groups in total. The molecule has 1 heterocycles. The summed E-state index contributed by atoms with van der Waals surface area (Å²) in [6.07, 6.45) is 1.01. The van der Waals surface area contributed by atoms with E-state index in [1.807, 2.05) is 24.3 Å². The predicted molar refractivity (Wildman–Crippen MR) is 109 cm³/mol. The van der Waals surface area contributed by atoms with Crippen LogP contribution in [0.1, 0.15) is 18.9 Å². The summed E-state index contributed by atoms with van der Waals surface area (Å²) >= 11 is 11.7. The second kappa shape index (κ2) is 8.54. The number of rotatable bonds is 5. The molecule has 1 aliphatic rings. The van der Waals surface area contributed by atoms with Crippen molar-refractivity contribution < 1.29 is 4.74 Å². The fourth-order valence-electron chi connectivity index (χ4n) is 2.92. The van der Waals surface area contributed by atoms with E-state index in [1.54, 1.807) is 0 Å². The highest BCUT2D eigenvalue weighted by Gasteiger charge is 2.20. The molecular weight excluding hydrogens is 352 g/mol. The Morgan fingerprint density at radius 3 is 2.24 bits per heavy atom. The van der Waals surface area contributed by atoms with Gasteiger partial charge in [0.15, 0.2) is 0 Å². The van der Waals surface area contributed by atoms with Crippen molar-refractivity contribution in [1.29, 1.82) is 0 Å².